The van der Waals surface area contributed by atoms with E-state index in [9.17, 15) is 18.0 Å². The Kier molecular flexibility index (Phi) is 4.11. The van der Waals surface area contributed by atoms with Gasteiger partial charge in [-0.2, -0.15) is 18.2 Å². The van der Waals surface area contributed by atoms with Crippen molar-refractivity contribution in [2.45, 2.75) is 32.4 Å². The summed E-state index contributed by atoms with van der Waals surface area (Å²) >= 11 is 0. The van der Waals surface area contributed by atoms with E-state index in [2.05, 4.69) is 10.1 Å². The summed E-state index contributed by atoms with van der Waals surface area (Å²) in [6, 6.07) is 7.51. The highest BCUT2D eigenvalue weighted by Gasteiger charge is 2.43. The van der Waals surface area contributed by atoms with Crippen LogP contribution in [0.5, 0.6) is 0 Å². The molecule has 0 amide bonds. The molecule has 0 radical (unpaired) electrons. The molecule has 2 rings (SSSR count). The molecule has 2 aromatic rings. The van der Waals surface area contributed by atoms with Gasteiger partial charge in [-0.05, 0) is 25.0 Å². The zero-order valence-corrected chi connectivity index (χ0v) is 11.4. The minimum Gasteiger partial charge on any atom is -0.339 e. The topological polar surface area (TPSA) is 56.0 Å². The Bertz CT molecular complexity index is 650. The number of nitrogens with zero attached hydrogens (tertiary/aromatic N) is 2. The van der Waals surface area contributed by atoms with E-state index in [1.54, 1.807) is 0 Å². The molecule has 0 saturated heterocycles. The van der Waals surface area contributed by atoms with Crippen LogP contribution in [0.3, 0.4) is 0 Å². The zero-order valence-electron chi connectivity index (χ0n) is 11.4. The number of halogens is 3. The number of benzene rings is 1. The summed E-state index contributed by atoms with van der Waals surface area (Å²) in [6.07, 6.45) is -4.58. The number of alkyl halides is 3. The second-order valence-corrected chi connectivity index (χ2v) is 4.74. The van der Waals surface area contributed by atoms with Crippen LogP contribution in [0.4, 0.5) is 13.2 Å². The highest BCUT2D eigenvalue weighted by molar-refractivity contribution is 5.89. The molecule has 0 N–H and O–H groups in total. The van der Waals surface area contributed by atoms with Crippen LogP contribution in [0.25, 0.3) is 0 Å². The van der Waals surface area contributed by atoms with Gasteiger partial charge < -0.3 is 4.52 Å². The minimum absolute atomic E-state index is 0.251. The van der Waals surface area contributed by atoms with E-state index >= 15 is 0 Å². The van der Waals surface area contributed by atoms with Crippen LogP contribution in [0.1, 0.15) is 35.7 Å². The highest BCUT2D eigenvalue weighted by Crippen LogP contribution is 2.26. The summed E-state index contributed by atoms with van der Waals surface area (Å²) in [5, 5.41) is 3.63. The molecule has 112 valence electrons. The molecule has 0 spiro atoms. The summed E-state index contributed by atoms with van der Waals surface area (Å²) in [4.78, 5) is 15.0. The van der Waals surface area contributed by atoms with Gasteiger partial charge in [-0.15, -0.1) is 0 Å². The van der Waals surface area contributed by atoms with Gasteiger partial charge in [0.1, 0.15) is 5.92 Å². The average Bonchev–Trinajstić information content (AvgIpc) is 2.87. The largest absolute Gasteiger partial charge is 0.450 e. The van der Waals surface area contributed by atoms with Crippen LogP contribution in [0.15, 0.2) is 28.8 Å². The van der Waals surface area contributed by atoms with Gasteiger partial charge in [-0.25, -0.2) is 0 Å². The third-order valence-electron chi connectivity index (χ3n) is 3.14. The van der Waals surface area contributed by atoms with Gasteiger partial charge in [0.15, 0.2) is 5.82 Å². The van der Waals surface area contributed by atoms with Crippen molar-refractivity contribution in [2.75, 3.05) is 0 Å². The first-order chi connectivity index (χ1) is 9.79. The number of hydrogen-bond acceptors (Lipinski definition) is 4. The Labute approximate surface area is 119 Å². The van der Waals surface area contributed by atoms with Crippen molar-refractivity contribution in [1.82, 2.24) is 10.1 Å². The maximum absolute atomic E-state index is 12.4. The van der Waals surface area contributed by atoms with E-state index in [0.29, 0.717) is 6.42 Å². The molecule has 0 fully saturated rings. The van der Waals surface area contributed by atoms with Crippen LogP contribution in [-0.4, -0.2) is 22.1 Å². The molecule has 1 unspecified atom stereocenters. The van der Waals surface area contributed by atoms with Crippen molar-refractivity contribution in [3.05, 3.63) is 47.1 Å². The number of carbonyl (C=O) groups is 1. The van der Waals surface area contributed by atoms with Gasteiger partial charge >= 0.3 is 6.18 Å². The molecule has 1 aromatic carbocycles. The fourth-order valence-corrected chi connectivity index (χ4v) is 1.85. The fourth-order valence-electron chi connectivity index (χ4n) is 1.85. The van der Waals surface area contributed by atoms with E-state index in [-0.39, 0.29) is 11.7 Å². The molecule has 7 heteroatoms. The molecule has 1 atom stereocenters. The normalized spacial score (nSPS) is 13.2. The molecular weight excluding hydrogens is 285 g/mol. The molecule has 0 bridgehead atoms. The number of aromatic nitrogens is 2. The summed E-state index contributed by atoms with van der Waals surface area (Å²) in [6.45, 7) is 3.01. The summed E-state index contributed by atoms with van der Waals surface area (Å²) < 4.78 is 41.8. The van der Waals surface area contributed by atoms with Crippen molar-refractivity contribution in [3.8, 4) is 0 Å². The predicted molar refractivity (Wildman–Crippen MR) is 67.8 cm³/mol. The number of rotatable bonds is 4. The van der Waals surface area contributed by atoms with Crippen molar-refractivity contribution in [2.24, 2.45) is 0 Å². The smallest absolute Gasteiger partial charge is 0.339 e. The van der Waals surface area contributed by atoms with E-state index in [1.165, 1.54) is 0 Å². The first-order valence-corrected chi connectivity index (χ1v) is 6.27. The standard InChI is InChI=1S/C14H13F3N2O2/c1-8-5-3-4-6-10(8)7-11-18-13(21-19-11)9(2)12(20)14(15,16)17/h3-6,9H,7H2,1-2H3. The SMILES string of the molecule is Cc1ccccc1Cc1noc(C(C)C(=O)C(F)(F)F)n1. The maximum Gasteiger partial charge on any atom is 0.450 e. The third kappa shape index (κ3) is 3.48. The second kappa shape index (κ2) is 5.67. The van der Waals surface area contributed by atoms with Gasteiger partial charge in [0.2, 0.25) is 11.7 Å². The lowest BCUT2D eigenvalue weighted by Gasteiger charge is -2.08. The number of ketones is 1. The second-order valence-electron chi connectivity index (χ2n) is 4.74. The molecule has 0 saturated carbocycles. The Hall–Kier alpha value is -2.18. The molecule has 21 heavy (non-hydrogen) atoms. The van der Waals surface area contributed by atoms with Crippen molar-refractivity contribution < 1.29 is 22.5 Å². The fraction of sp³-hybridized carbons (Fsp3) is 0.357. The van der Waals surface area contributed by atoms with Gasteiger partial charge in [0, 0.05) is 6.42 Å². The van der Waals surface area contributed by atoms with E-state index in [1.807, 2.05) is 31.2 Å². The van der Waals surface area contributed by atoms with Gasteiger partial charge in [0.25, 0.3) is 0 Å². The lowest BCUT2D eigenvalue weighted by molar-refractivity contribution is -0.172. The summed E-state index contributed by atoms with van der Waals surface area (Å²) in [5.74, 6) is -3.46. The van der Waals surface area contributed by atoms with E-state index < -0.39 is 17.9 Å². The number of hydrogen-bond donors (Lipinski definition) is 0. The van der Waals surface area contributed by atoms with Gasteiger partial charge in [-0.3, -0.25) is 4.79 Å². The van der Waals surface area contributed by atoms with Crippen LogP contribution in [-0.2, 0) is 11.2 Å². The van der Waals surface area contributed by atoms with E-state index in [4.69, 9.17) is 4.52 Å². The number of aryl methyl sites for hydroxylation is 1. The van der Waals surface area contributed by atoms with Crippen molar-refractivity contribution in [1.29, 1.82) is 0 Å². The predicted octanol–water partition coefficient (Wildman–Crippen LogP) is 3.20. The molecule has 1 heterocycles. The number of carbonyl (C=O) groups excluding carboxylic acids is 1. The highest BCUT2D eigenvalue weighted by atomic mass is 19.4. The molecule has 0 aliphatic heterocycles. The first-order valence-electron chi connectivity index (χ1n) is 6.27. The summed E-state index contributed by atoms with van der Waals surface area (Å²) in [5.41, 5.74) is 1.96. The van der Waals surface area contributed by atoms with Crippen LogP contribution >= 0.6 is 0 Å². The average molecular weight is 298 g/mol. The van der Waals surface area contributed by atoms with Gasteiger partial charge in [-0.1, -0.05) is 29.4 Å². The Morgan fingerprint density at radius 1 is 1.33 bits per heavy atom. The van der Waals surface area contributed by atoms with Crippen LogP contribution < -0.4 is 0 Å². The van der Waals surface area contributed by atoms with Crippen LogP contribution in [0, 0.1) is 6.92 Å². The first kappa shape index (κ1) is 15.2. The van der Waals surface area contributed by atoms with E-state index in [0.717, 1.165) is 18.1 Å². The monoisotopic (exact) mass is 298 g/mol. The Morgan fingerprint density at radius 2 is 2.00 bits per heavy atom. The quantitative estimate of drug-likeness (QED) is 0.869. The molecular formula is C14H13F3N2O2. The Balaban J connectivity index is 2.15. The van der Waals surface area contributed by atoms with Crippen LogP contribution in [0.2, 0.25) is 0 Å². The van der Waals surface area contributed by atoms with Crippen molar-refractivity contribution >= 4 is 5.78 Å². The Morgan fingerprint density at radius 3 is 2.62 bits per heavy atom. The molecule has 0 aliphatic rings. The summed E-state index contributed by atoms with van der Waals surface area (Å²) in [7, 11) is 0. The molecule has 1 aromatic heterocycles. The number of Topliss-reactive ketones (excluding diaryl/α,β-unsaturated/α-hetero) is 1. The van der Waals surface area contributed by atoms with Gasteiger partial charge in [0.05, 0.1) is 0 Å². The lowest BCUT2D eigenvalue weighted by Crippen LogP contribution is -2.27. The minimum atomic E-state index is -4.91. The molecule has 0 aliphatic carbocycles. The molecule has 4 nitrogen and oxygen atoms in total. The van der Waals surface area contributed by atoms with Crippen molar-refractivity contribution in [3.63, 3.8) is 0 Å². The maximum atomic E-state index is 12.4. The lowest BCUT2D eigenvalue weighted by atomic mass is 10.1. The zero-order chi connectivity index (χ0) is 15.6. The third-order valence-corrected chi connectivity index (χ3v) is 3.14.